The first-order valence-electron chi connectivity index (χ1n) is 7.48. The zero-order valence-corrected chi connectivity index (χ0v) is 14.1. The Hall–Kier alpha value is -2.72. The lowest BCUT2D eigenvalue weighted by atomic mass is 10.1. The molecule has 0 saturated carbocycles. The number of nitrogens with two attached hydrogens (primary N) is 1. The predicted molar refractivity (Wildman–Crippen MR) is 97.4 cm³/mol. The van der Waals surface area contributed by atoms with E-state index in [0.717, 1.165) is 16.7 Å². The smallest absolute Gasteiger partial charge is 0.291 e. The highest BCUT2D eigenvalue weighted by Gasteiger charge is 2.15. The lowest BCUT2D eigenvalue weighted by molar-refractivity contribution is 0.0997. The molecular weight excluding hydrogens is 324 g/mol. The van der Waals surface area contributed by atoms with Crippen LogP contribution in [-0.4, -0.2) is 5.91 Å². The standard InChI is InChI=1S/C19H17ClN2O2/c1-11-9-12(2)18(15(21)10-11)22-19(23)17-8-7-16(24-17)13-3-5-14(20)6-4-13/h3-10H,21H2,1-2H3,(H,22,23). The lowest BCUT2D eigenvalue weighted by Gasteiger charge is -2.11. The minimum atomic E-state index is -0.339. The average molecular weight is 341 g/mol. The first-order chi connectivity index (χ1) is 11.4. The molecule has 5 heteroatoms. The number of amides is 1. The number of furan rings is 1. The average Bonchev–Trinajstić information content (AvgIpc) is 3.01. The van der Waals surface area contributed by atoms with Crippen LogP contribution in [-0.2, 0) is 0 Å². The third kappa shape index (κ3) is 3.29. The van der Waals surface area contributed by atoms with Gasteiger partial charge in [-0.25, -0.2) is 0 Å². The summed E-state index contributed by atoms with van der Waals surface area (Å²) in [6.45, 7) is 3.86. The summed E-state index contributed by atoms with van der Waals surface area (Å²) >= 11 is 5.88. The largest absolute Gasteiger partial charge is 0.451 e. The van der Waals surface area contributed by atoms with Crippen molar-refractivity contribution in [1.82, 2.24) is 0 Å². The third-order valence-electron chi connectivity index (χ3n) is 3.71. The second kappa shape index (κ2) is 6.42. The van der Waals surface area contributed by atoms with Gasteiger partial charge in [-0.1, -0.05) is 17.7 Å². The SMILES string of the molecule is Cc1cc(C)c(NC(=O)c2ccc(-c3ccc(Cl)cc3)o2)c(N)c1. The van der Waals surface area contributed by atoms with E-state index in [4.69, 9.17) is 21.8 Å². The molecule has 0 aliphatic carbocycles. The van der Waals surface area contributed by atoms with Gasteiger partial charge in [0.25, 0.3) is 5.91 Å². The van der Waals surface area contributed by atoms with E-state index in [1.165, 1.54) is 0 Å². The minimum Gasteiger partial charge on any atom is -0.451 e. The fraction of sp³-hybridized carbons (Fsp3) is 0.105. The number of carbonyl (C=O) groups is 1. The summed E-state index contributed by atoms with van der Waals surface area (Å²) in [6.07, 6.45) is 0. The number of anilines is 2. The van der Waals surface area contributed by atoms with E-state index in [1.54, 1.807) is 24.3 Å². The molecule has 1 heterocycles. The van der Waals surface area contributed by atoms with Crippen LogP contribution in [0.15, 0.2) is 52.9 Å². The molecule has 0 radical (unpaired) electrons. The highest BCUT2D eigenvalue weighted by Crippen LogP contribution is 2.27. The van der Waals surface area contributed by atoms with Crippen molar-refractivity contribution in [1.29, 1.82) is 0 Å². The van der Waals surface area contributed by atoms with Crippen LogP contribution in [0.3, 0.4) is 0 Å². The molecule has 3 N–H and O–H groups in total. The van der Waals surface area contributed by atoms with Crippen LogP contribution >= 0.6 is 11.6 Å². The Morgan fingerprint density at radius 2 is 1.79 bits per heavy atom. The van der Waals surface area contributed by atoms with Crippen molar-refractivity contribution in [2.45, 2.75) is 13.8 Å². The molecule has 0 spiro atoms. The molecule has 4 nitrogen and oxygen atoms in total. The maximum Gasteiger partial charge on any atom is 0.291 e. The summed E-state index contributed by atoms with van der Waals surface area (Å²) in [5.74, 6) is 0.485. The summed E-state index contributed by atoms with van der Waals surface area (Å²) in [5.41, 5.74) is 9.95. The van der Waals surface area contributed by atoms with E-state index >= 15 is 0 Å². The fourth-order valence-corrected chi connectivity index (χ4v) is 2.70. The van der Waals surface area contributed by atoms with Crippen LogP contribution in [0.5, 0.6) is 0 Å². The van der Waals surface area contributed by atoms with Gasteiger partial charge in [0.05, 0.1) is 11.4 Å². The monoisotopic (exact) mass is 340 g/mol. The van der Waals surface area contributed by atoms with E-state index in [-0.39, 0.29) is 11.7 Å². The van der Waals surface area contributed by atoms with E-state index < -0.39 is 0 Å². The van der Waals surface area contributed by atoms with Crippen molar-refractivity contribution in [3.63, 3.8) is 0 Å². The molecular formula is C19H17ClN2O2. The van der Waals surface area contributed by atoms with Gasteiger partial charge in [0.15, 0.2) is 5.76 Å². The molecule has 0 unspecified atom stereocenters. The van der Waals surface area contributed by atoms with Crippen LogP contribution in [0.25, 0.3) is 11.3 Å². The quantitative estimate of drug-likeness (QED) is 0.655. The van der Waals surface area contributed by atoms with Crippen molar-refractivity contribution >= 4 is 28.9 Å². The van der Waals surface area contributed by atoms with E-state index in [0.29, 0.717) is 22.2 Å². The van der Waals surface area contributed by atoms with Crippen LogP contribution < -0.4 is 11.1 Å². The Morgan fingerprint density at radius 1 is 1.08 bits per heavy atom. The molecule has 1 amide bonds. The highest BCUT2D eigenvalue weighted by molar-refractivity contribution is 6.30. The molecule has 3 rings (SSSR count). The van der Waals surface area contributed by atoms with Crippen molar-refractivity contribution in [2.75, 3.05) is 11.1 Å². The van der Waals surface area contributed by atoms with Crippen LogP contribution in [0, 0.1) is 13.8 Å². The lowest BCUT2D eigenvalue weighted by Crippen LogP contribution is -2.13. The number of hydrogen-bond acceptors (Lipinski definition) is 3. The maximum atomic E-state index is 12.4. The Bertz CT molecular complexity index is 875. The number of halogens is 1. The number of carbonyl (C=O) groups excluding carboxylic acids is 1. The van der Waals surface area contributed by atoms with E-state index in [2.05, 4.69) is 5.32 Å². The second-order valence-corrected chi connectivity index (χ2v) is 6.11. The summed E-state index contributed by atoms with van der Waals surface area (Å²) < 4.78 is 5.65. The zero-order chi connectivity index (χ0) is 17.3. The van der Waals surface area contributed by atoms with Crippen molar-refractivity contribution in [3.8, 4) is 11.3 Å². The molecule has 2 aromatic carbocycles. The van der Waals surface area contributed by atoms with E-state index in [1.807, 2.05) is 38.1 Å². The fourth-order valence-electron chi connectivity index (χ4n) is 2.58. The molecule has 0 fully saturated rings. The third-order valence-corrected chi connectivity index (χ3v) is 3.96. The Labute approximate surface area is 145 Å². The van der Waals surface area contributed by atoms with Gasteiger partial charge in [0.1, 0.15) is 5.76 Å². The second-order valence-electron chi connectivity index (χ2n) is 5.67. The number of rotatable bonds is 3. The van der Waals surface area contributed by atoms with Crippen molar-refractivity contribution < 1.29 is 9.21 Å². The van der Waals surface area contributed by atoms with Crippen LogP contribution in [0.1, 0.15) is 21.7 Å². The first kappa shape index (κ1) is 16.1. The van der Waals surface area contributed by atoms with Crippen LogP contribution in [0.4, 0.5) is 11.4 Å². The number of nitrogen functional groups attached to an aromatic ring is 1. The molecule has 0 aliphatic rings. The van der Waals surface area contributed by atoms with Gasteiger partial charge in [-0.3, -0.25) is 4.79 Å². The van der Waals surface area contributed by atoms with Crippen molar-refractivity contribution in [3.05, 3.63) is 70.4 Å². The summed E-state index contributed by atoms with van der Waals surface area (Å²) in [6, 6.07) is 14.4. The number of nitrogens with one attached hydrogen (secondary N) is 1. The number of hydrogen-bond donors (Lipinski definition) is 2. The Morgan fingerprint density at radius 3 is 2.46 bits per heavy atom. The minimum absolute atomic E-state index is 0.222. The molecule has 24 heavy (non-hydrogen) atoms. The molecule has 0 saturated heterocycles. The molecule has 0 atom stereocenters. The number of aryl methyl sites for hydroxylation is 2. The van der Waals surface area contributed by atoms with Gasteiger partial charge < -0.3 is 15.5 Å². The van der Waals surface area contributed by atoms with Crippen molar-refractivity contribution in [2.24, 2.45) is 0 Å². The molecule has 3 aromatic rings. The van der Waals surface area contributed by atoms with E-state index in [9.17, 15) is 4.79 Å². The summed E-state index contributed by atoms with van der Waals surface area (Å²) in [5, 5.41) is 3.46. The molecule has 0 bridgehead atoms. The zero-order valence-electron chi connectivity index (χ0n) is 13.4. The molecule has 1 aromatic heterocycles. The highest BCUT2D eigenvalue weighted by atomic mass is 35.5. The summed E-state index contributed by atoms with van der Waals surface area (Å²) in [4.78, 5) is 12.4. The first-order valence-corrected chi connectivity index (χ1v) is 7.85. The Kier molecular flexibility index (Phi) is 4.32. The van der Waals surface area contributed by atoms with Gasteiger partial charge in [-0.2, -0.15) is 0 Å². The maximum absolute atomic E-state index is 12.4. The van der Waals surface area contributed by atoms with Gasteiger partial charge in [-0.15, -0.1) is 0 Å². The predicted octanol–water partition coefficient (Wildman–Crippen LogP) is 5.05. The van der Waals surface area contributed by atoms with Crippen LogP contribution in [0.2, 0.25) is 5.02 Å². The summed E-state index contributed by atoms with van der Waals surface area (Å²) in [7, 11) is 0. The number of benzene rings is 2. The normalized spacial score (nSPS) is 10.6. The molecule has 122 valence electrons. The Balaban J connectivity index is 1.83. The molecule has 0 aliphatic heterocycles. The van der Waals surface area contributed by atoms with Gasteiger partial charge in [-0.05, 0) is 67.4 Å². The van der Waals surface area contributed by atoms with Gasteiger partial charge >= 0.3 is 0 Å². The van der Waals surface area contributed by atoms with Gasteiger partial charge in [0.2, 0.25) is 0 Å². The topological polar surface area (TPSA) is 68.3 Å². The van der Waals surface area contributed by atoms with Gasteiger partial charge in [0, 0.05) is 10.6 Å².